The van der Waals surface area contributed by atoms with Gasteiger partial charge in [0.25, 0.3) is 0 Å². The van der Waals surface area contributed by atoms with E-state index in [1.807, 2.05) is 27.7 Å². The summed E-state index contributed by atoms with van der Waals surface area (Å²) in [5, 5.41) is 15.4. The molecule has 0 saturated carbocycles. The molecule has 0 unspecified atom stereocenters. The van der Waals surface area contributed by atoms with E-state index in [4.69, 9.17) is 9.47 Å². The molecule has 1 aromatic rings. The van der Waals surface area contributed by atoms with Crippen LogP contribution in [0.3, 0.4) is 0 Å². The summed E-state index contributed by atoms with van der Waals surface area (Å²) in [6.07, 6.45) is -0.329. The van der Waals surface area contributed by atoms with E-state index in [1.54, 1.807) is 19.1 Å². The topological polar surface area (TPSA) is 96.9 Å². The second-order valence-corrected chi connectivity index (χ2v) is 8.39. The number of methoxy groups -OCH3 is 1. The van der Waals surface area contributed by atoms with Crippen molar-refractivity contribution in [1.29, 1.82) is 0 Å². The number of hydrogen-bond acceptors (Lipinski definition) is 5. The second-order valence-electron chi connectivity index (χ2n) is 7.54. The maximum atomic E-state index is 12.9. The number of phenolic OH excluding ortho intramolecular Hbond substituents is 1. The number of urea groups is 1. The first-order valence-corrected chi connectivity index (χ1v) is 9.30. The van der Waals surface area contributed by atoms with Crippen molar-refractivity contribution in [2.75, 3.05) is 7.11 Å². The van der Waals surface area contributed by atoms with E-state index < -0.39 is 18.0 Å². The van der Waals surface area contributed by atoms with E-state index in [1.165, 1.54) is 7.11 Å². The third-order valence-corrected chi connectivity index (χ3v) is 5.20. The lowest BCUT2D eigenvalue weighted by molar-refractivity contribution is -0.149. The highest BCUT2D eigenvalue weighted by Crippen LogP contribution is 2.39. The first-order valence-electron chi connectivity index (χ1n) is 8.51. The number of aromatic hydroxyl groups is 1. The van der Waals surface area contributed by atoms with Gasteiger partial charge in [0.2, 0.25) is 0 Å². The van der Waals surface area contributed by atoms with Gasteiger partial charge in [-0.1, -0.05) is 20.8 Å². The largest absolute Gasteiger partial charge is 0.503 e. The number of esters is 1. The Hall–Kier alpha value is -2.22. The molecule has 0 aliphatic carbocycles. The smallest absolute Gasteiger partial charge is 0.338 e. The highest BCUT2D eigenvalue weighted by molar-refractivity contribution is 9.10. The van der Waals surface area contributed by atoms with Crippen LogP contribution in [0, 0.1) is 5.41 Å². The van der Waals surface area contributed by atoms with Crippen LogP contribution >= 0.6 is 15.9 Å². The van der Waals surface area contributed by atoms with Gasteiger partial charge in [-0.05, 0) is 52.9 Å². The van der Waals surface area contributed by atoms with Crippen LogP contribution in [0.4, 0.5) is 4.79 Å². The molecule has 1 aliphatic heterocycles. The normalized spacial score (nSPS) is 18.5. The Morgan fingerprint density at radius 1 is 1.33 bits per heavy atom. The number of ether oxygens (including phenoxy) is 2. The van der Waals surface area contributed by atoms with Crippen molar-refractivity contribution in [1.82, 2.24) is 10.6 Å². The lowest BCUT2D eigenvalue weighted by atomic mass is 9.90. The number of hydrogen-bond donors (Lipinski definition) is 3. The fraction of sp³-hybridized carbons (Fsp3) is 0.474. The van der Waals surface area contributed by atoms with Gasteiger partial charge in [-0.25, -0.2) is 9.59 Å². The van der Waals surface area contributed by atoms with Crippen molar-refractivity contribution in [2.24, 2.45) is 5.41 Å². The molecule has 7 nitrogen and oxygen atoms in total. The molecular weight excluding hydrogens is 416 g/mol. The first-order chi connectivity index (χ1) is 12.5. The Bertz CT molecular complexity index is 798. The van der Waals surface area contributed by atoms with E-state index in [9.17, 15) is 14.7 Å². The van der Waals surface area contributed by atoms with E-state index in [0.717, 1.165) is 0 Å². The average Bonchev–Trinajstić information content (AvgIpc) is 2.55. The first kappa shape index (κ1) is 21.1. The number of carbonyl (C=O) groups is 2. The van der Waals surface area contributed by atoms with E-state index in [2.05, 4.69) is 26.6 Å². The molecule has 1 aromatic carbocycles. The molecule has 27 heavy (non-hydrogen) atoms. The molecule has 2 atom stereocenters. The van der Waals surface area contributed by atoms with Gasteiger partial charge >= 0.3 is 12.0 Å². The van der Waals surface area contributed by atoms with Gasteiger partial charge < -0.3 is 25.2 Å². The second kappa shape index (κ2) is 7.80. The minimum absolute atomic E-state index is 0.0623. The third-order valence-electron chi connectivity index (χ3n) is 4.60. The molecule has 1 heterocycles. The number of rotatable bonds is 4. The average molecular weight is 441 g/mol. The summed E-state index contributed by atoms with van der Waals surface area (Å²) < 4.78 is 11.2. The predicted molar refractivity (Wildman–Crippen MR) is 104 cm³/mol. The Morgan fingerprint density at radius 3 is 2.52 bits per heavy atom. The maximum Gasteiger partial charge on any atom is 0.338 e. The summed E-state index contributed by atoms with van der Waals surface area (Å²) in [5.41, 5.74) is 1.06. The SMILES string of the molecule is COc1cc([C@@H]2NC(=O)NC(C)=C2C(=O)O[C@@H](C)C(C)(C)C)cc(Br)c1O. The van der Waals surface area contributed by atoms with Crippen LogP contribution in [0.2, 0.25) is 0 Å². The van der Waals surface area contributed by atoms with Gasteiger partial charge in [0, 0.05) is 5.70 Å². The molecule has 0 bridgehead atoms. The van der Waals surface area contributed by atoms with Crippen LogP contribution < -0.4 is 15.4 Å². The van der Waals surface area contributed by atoms with E-state index in [-0.39, 0.29) is 23.0 Å². The quantitative estimate of drug-likeness (QED) is 0.619. The summed E-state index contributed by atoms with van der Waals surface area (Å²) in [6.45, 7) is 9.42. The molecule has 0 spiro atoms. The molecule has 0 fully saturated rings. The lowest BCUT2D eigenvalue weighted by Crippen LogP contribution is -2.46. The van der Waals surface area contributed by atoms with Crippen molar-refractivity contribution in [2.45, 2.75) is 46.8 Å². The van der Waals surface area contributed by atoms with Crippen LogP contribution in [0.5, 0.6) is 11.5 Å². The summed E-state index contributed by atoms with van der Waals surface area (Å²) in [5.74, 6) is -0.358. The van der Waals surface area contributed by atoms with Crippen LogP contribution in [-0.4, -0.2) is 30.3 Å². The Labute approximate surface area is 167 Å². The van der Waals surface area contributed by atoms with Crippen molar-refractivity contribution < 1.29 is 24.2 Å². The molecule has 148 valence electrons. The lowest BCUT2D eigenvalue weighted by Gasteiger charge is -2.32. The zero-order chi connectivity index (χ0) is 20.5. The monoisotopic (exact) mass is 440 g/mol. The van der Waals surface area contributed by atoms with Crippen LogP contribution in [0.25, 0.3) is 0 Å². The summed E-state index contributed by atoms with van der Waals surface area (Å²) in [4.78, 5) is 24.9. The van der Waals surface area contributed by atoms with Gasteiger partial charge in [-0.3, -0.25) is 0 Å². The Morgan fingerprint density at radius 2 is 1.96 bits per heavy atom. The molecule has 8 heteroatoms. The number of halogens is 1. The zero-order valence-electron chi connectivity index (χ0n) is 16.3. The fourth-order valence-corrected chi connectivity index (χ4v) is 2.99. The van der Waals surface area contributed by atoms with Crippen LogP contribution in [-0.2, 0) is 9.53 Å². The number of carbonyl (C=O) groups excluding carboxylic acids is 2. The summed E-state index contributed by atoms with van der Waals surface area (Å²) in [7, 11) is 1.42. The van der Waals surface area contributed by atoms with Gasteiger partial charge in [-0.2, -0.15) is 0 Å². The molecule has 0 aromatic heterocycles. The van der Waals surface area contributed by atoms with Crippen LogP contribution in [0.1, 0.15) is 46.2 Å². The number of allylic oxidation sites excluding steroid dienone is 1. The molecule has 2 rings (SSSR count). The number of benzene rings is 1. The van der Waals surface area contributed by atoms with Gasteiger partial charge in [0.05, 0.1) is 23.2 Å². The third kappa shape index (κ3) is 4.55. The van der Waals surface area contributed by atoms with Crippen molar-refractivity contribution in [3.8, 4) is 11.5 Å². The molecule has 3 N–H and O–H groups in total. The minimum Gasteiger partial charge on any atom is -0.503 e. The van der Waals surface area contributed by atoms with Crippen LogP contribution in [0.15, 0.2) is 27.9 Å². The molecule has 0 saturated heterocycles. The molecule has 0 radical (unpaired) electrons. The van der Waals surface area contributed by atoms with E-state index in [0.29, 0.717) is 21.3 Å². The van der Waals surface area contributed by atoms with Gasteiger partial charge in [0.1, 0.15) is 6.10 Å². The van der Waals surface area contributed by atoms with Crippen molar-refractivity contribution >= 4 is 27.9 Å². The number of nitrogens with one attached hydrogen (secondary N) is 2. The summed E-state index contributed by atoms with van der Waals surface area (Å²) >= 11 is 3.27. The predicted octanol–water partition coefficient (Wildman–Crippen LogP) is 3.77. The Balaban J connectivity index is 2.47. The van der Waals surface area contributed by atoms with Gasteiger partial charge in [-0.15, -0.1) is 0 Å². The van der Waals surface area contributed by atoms with Crippen molar-refractivity contribution in [3.05, 3.63) is 33.4 Å². The van der Waals surface area contributed by atoms with E-state index >= 15 is 0 Å². The molecule has 2 amide bonds. The maximum absolute atomic E-state index is 12.9. The number of phenols is 1. The molecular formula is C19H25BrN2O5. The van der Waals surface area contributed by atoms with Gasteiger partial charge in [0.15, 0.2) is 11.5 Å². The molecule has 1 aliphatic rings. The fourth-order valence-electron chi connectivity index (χ4n) is 2.53. The highest BCUT2D eigenvalue weighted by atomic mass is 79.9. The zero-order valence-corrected chi connectivity index (χ0v) is 17.9. The highest BCUT2D eigenvalue weighted by Gasteiger charge is 2.35. The summed E-state index contributed by atoms with van der Waals surface area (Å²) in [6, 6.07) is 2.02. The standard InChI is InChI=1S/C19H25BrN2O5/c1-9-14(17(24)27-10(2)19(3,4)5)15(22-18(25)21-9)11-7-12(20)16(23)13(8-11)26-6/h7-8,10,15,23H,1-6H3,(H2,21,22,25)/t10-,15-/m0/s1. The van der Waals surface area contributed by atoms with Crippen molar-refractivity contribution in [3.63, 3.8) is 0 Å². The minimum atomic E-state index is -0.746. The Kier molecular flexibility index (Phi) is 6.09. The number of amides is 2.